The van der Waals surface area contributed by atoms with E-state index < -0.39 is 0 Å². The van der Waals surface area contributed by atoms with Crippen LogP contribution in [0.5, 0.6) is 0 Å². The average molecular weight is 223 g/mol. The Bertz CT molecular complexity index is 368. The Morgan fingerprint density at radius 1 is 1.56 bits per heavy atom. The van der Waals surface area contributed by atoms with E-state index in [0.29, 0.717) is 6.54 Å². The zero-order valence-corrected chi connectivity index (χ0v) is 10.1. The topological polar surface area (TPSA) is 55.3 Å². The monoisotopic (exact) mass is 223 g/mol. The smallest absolute Gasteiger partial charge is 0.310 e. The van der Waals surface area contributed by atoms with Crippen molar-refractivity contribution < 1.29 is 9.53 Å². The molecule has 0 amide bonds. The van der Waals surface area contributed by atoms with Gasteiger partial charge in [0.1, 0.15) is 12.1 Å². The number of hydrogen-bond donors (Lipinski definition) is 0. The summed E-state index contributed by atoms with van der Waals surface area (Å²) in [5, 5.41) is 0. The second-order valence-corrected chi connectivity index (χ2v) is 3.82. The number of aryl methyl sites for hydroxylation is 1. The van der Waals surface area contributed by atoms with Crippen LogP contribution in [0.15, 0.2) is 12.4 Å². The maximum Gasteiger partial charge on any atom is 0.310 e. The third-order valence-electron chi connectivity index (χ3n) is 2.33. The van der Waals surface area contributed by atoms with Crippen molar-refractivity contribution in [3.8, 4) is 0 Å². The first-order valence-electron chi connectivity index (χ1n) is 5.12. The van der Waals surface area contributed by atoms with Crippen molar-refractivity contribution in [2.75, 3.05) is 25.6 Å². The fraction of sp³-hybridized carbons (Fsp3) is 0.545. The highest BCUT2D eigenvalue weighted by molar-refractivity contribution is 5.72. The van der Waals surface area contributed by atoms with Gasteiger partial charge in [0.15, 0.2) is 0 Å². The molecule has 5 nitrogen and oxygen atoms in total. The van der Waals surface area contributed by atoms with Gasteiger partial charge in [-0.2, -0.15) is 0 Å². The van der Waals surface area contributed by atoms with Crippen molar-refractivity contribution >= 4 is 11.8 Å². The van der Waals surface area contributed by atoms with Gasteiger partial charge in [0, 0.05) is 25.4 Å². The van der Waals surface area contributed by atoms with E-state index in [1.54, 1.807) is 0 Å². The minimum atomic E-state index is -0.211. The van der Waals surface area contributed by atoms with Crippen LogP contribution in [0.1, 0.15) is 12.6 Å². The van der Waals surface area contributed by atoms with Gasteiger partial charge in [-0.1, -0.05) is 6.92 Å². The normalized spacial score (nSPS) is 12.0. The summed E-state index contributed by atoms with van der Waals surface area (Å²) in [6.45, 7) is 4.31. The highest BCUT2D eigenvalue weighted by atomic mass is 16.5. The van der Waals surface area contributed by atoms with E-state index in [-0.39, 0.29) is 11.9 Å². The molecule has 0 aromatic carbocycles. The molecule has 1 aromatic heterocycles. The quantitative estimate of drug-likeness (QED) is 0.714. The van der Waals surface area contributed by atoms with Crippen LogP contribution in [0.2, 0.25) is 0 Å². The van der Waals surface area contributed by atoms with Crippen LogP contribution in [0.3, 0.4) is 0 Å². The molecule has 5 heteroatoms. The predicted molar refractivity (Wildman–Crippen MR) is 61.2 cm³/mol. The van der Waals surface area contributed by atoms with Crippen LogP contribution in [0.4, 0.5) is 5.82 Å². The number of rotatable bonds is 4. The van der Waals surface area contributed by atoms with Crippen LogP contribution in [-0.4, -0.2) is 36.6 Å². The van der Waals surface area contributed by atoms with Gasteiger partial charge in [-0.3, -0.25) is 4.79 Å². The maximum atomic E-state index is 11.3. The molecule has 1 rings (SSSR count). The van der Waals surface area contributed by atoms with Crippen molar-refractivity contribution in [1.82, 2.24) is 9.97 Å². The Morgan fingerprint density at radius 2 is 2.25 bits per heavy atom. The molecular weight excluding hydrogens is 206 g/mol. The molecule has 1 atom stereocenters. The zero-order valence-electron chi connectivity index (χ0n) is 10.1. The highest BCUT2D eigenvalue weighted by Gasteiger charge is 2.16. The summed E-state index contributed by atoms with van der Waals surface area (Å²) in [5.74, 6) is 0.422. The Balaban J connectivity index is 2.65. The van der Waals surface area contributed by atoms with Crippen LogP contribution in [-0.2, 0) is 9.53 Å². The third kappa shape index (κ3) is 3.18. The van der Waals surface area contributed by atoms with Crippen molar-refractivity contribution in [2.45, 2.75) is 13.8 Å². The van der Waals surface area contributed by atoms with Crippen molar-refractivity contribution in [1.29, 1.82) is 0 Å². The molecular formula is C11H17N3O2. The summed E-state index contributed by atoms with van der Waals surface area (Å²) in [7, 11) is 3.29. The number of methoxy groups -OCH3 is 1. The molecule has 0 aliphatic heterocycles. The average Bonchev–Trinajstić information content (AvgIpc) is 2.27. The number of esters is 1. The molecule has 0 aliphatic carbocycles. The first-order chi connectivity index (χ1) is 7.54. The molecule has 0 radical (unpaired) electrons. The molecule has 0 N–H and O–H groups in total. The van der Waals surface area contributed by atoms with Crippen molar-refractivity contribution in [2.24, 2.45) is 5.92 Å². The lowest BCUT2D eigenvalue weighted by molar-refractivity contribution is -0.144. The maximum absolute atomic E-state index is 11.3. The molecule has 1 aromatic rings. The number of carbonyl (C=O) groups is 1. The lowest BCUT2D eigenvalue weighted by Crippen LogP contribution is -2.29. The Morgan fingerprint density at radius 3 is 2.81 bits per heavy atom. The summed E-state index contributed by atoms with van der Waals surface area (Å²) in [6.07, 6.45) is 1.52. The van der Waals surface area contributed by atoms with E-state index in [0.717, 1.165) is 11.5 Å². The summed E-state index contributed by atoms with van der Waals surface area (Å²) in [4.78, 5) is 21.3. The lowest BCUT2D eigenvalue weighted by Gasteiger charge is -2.21. The first-order valence-corrected chi connectivity index (χ1v) is 5.12. The van der Waals surface area contributed by atoms with Gasteiger partial charge in [-0.25, -0.2) is 9.97 Å². The Labute approximate surface area is 95.5 Å². The van der Waals surface area contributed by atoms with Crippen LogP contribution < -0.4 is 4.90 Å². The van der Waals surface area contributed by atoms with Gasteiger partial charge in [-0.05, 0) is 6.92 Å². The zero-order chi connectivity index (χ0) is 12.1. The fourth-order valence-corrected chi connectivity index (χ4v) is 1.43. The van der Waals surface area contributed by atoms with E-state index >= 15 is 0 Å². The number of anilines is 1. The van der Waals surface area contributed by atoms with Gasteiger partial charge in [0.2, 0.25) is 0 Å². The van der Waals surface area contributed by atoms with Crippen molar-refractivity contribution in [3.05, 3.63) is 18.1 Å². The van der Waals surface area contributed by atoms with Gasteiger partial charge in [-0.15, -0.1) is 0 Å². The highest BCUT2D eigenvalue weighted by Crippen LogP contribution is 2.11. The van der Waals surface area contributed by atoms with E-state index in [1.807, 2.05) is 31.9 Å². The molecule has 0 saturated carbocycles. The molecule has 0 fully saturated rings. The van der Waals surface area contributed by atoms with Gasteiger partial charge >= 0.3 is 5.97 Å². The Hall–Kier alpha value is -1.65. The second-order valence-electron chi connectivity index (χ2n) is 3.82. The van der Waals surface area contributed by atoms with E-state index in [9.17, 15) is 4.79 Å². The van der Waals surface area contributed by atoms with E-state index in [4.69, 9.17) is 0 Å². The Kier molecular flexibility index (Phi) is 4.22. The summed E-state index contributed by atoms with van der Waals surface area (Å²) >= 11 is 0. The minimum Gasteiger partial charge on any atom is -0.469 e. The molecule has 1 unspecified atom stereocenters. The molecule has 16 heavy (non-hydrogen) atoms. The molecule has 0 saturated heterocycles. The van der Waals surface area contributed by atoms with E-state index in [1.165, 1.54) is 13.4 Å². The van der Waals surface area contributed by atoms with Gasteiger partial charge in [0.25, 0.3) is 0 Å². The molecule has 1 heterocycles. The predicted octanol–water partition coefficient (Wildman–Crippen LogP) is 1.03. The third-order valence-corrected chi connectivity index (χ3v) is 2.33. The number of nitrogens with zero attached hydrogens (tertiary/aromatic N) is 3. The second kappa shape index (κ2) is 5.44. The molecule has 88 valence electrons. The molecule has 0 aliphatic rings. The van der Waals surface area contributed by atoms with Gasteiger partial charge < -0.3 is 9.64 Å². The lowest BCUT2D eigenvalue weighted by atomic mass is 10.2. The summed E-state index contributed by atoms with van der Waals surface area (Å²) < 4.78 is 4.67. The molecule has 0 bridgehead atoms. The largest absolute Gasteiger partial charge is 0.469 e. The van der Waals surface area contributed by atoms with Crippen LogP contribution >= 0.6 is 0 Å². The van der Waals surface area contributed by atoms with Gasteiger partial charge in [0.05, 0.1) is 13.0 Å². The fourth-order valence-electron chi connectivity index (χ4n) is 1.43. The number of carbonyl (C=O) groups excluding carboxylic acids is 1. The van der Waals surface area contributed by atoms with Crippen LogP contribution in [0.25, 0.3) is 0 Å². The van der Waals surface area contributed by atoms with Crippen molar-refractivity contribution in [3.63, 3.8) is 0 Å². The number of hydrogen-bond acceptors (Lipinski definition) is 5. The standard InChI is InChI=1S/C11H17N3O2/c1-8(11(15)16-4)6-14(3)10-5-9(2)12-7-13-10/h5,7-8H,6H2,1-4H3. The summed E-state index contributed by atoms with van der Waals surface area (Å²) in [6, 6.07) is 1.88. The van der Waals surface area contributed by atoms with Crippen LogP contribution in [0, 0.1) is 12.8 Å². The summed E-state index contributed by atoms with van der Waals surface area (Å²) in [5.41, 5.74) is 0.905. The number of ether oxygens (including phenoxy) is 1. The minimum absolute atomic E-state index is 0.176. The SMILES string of the molecule is COC(=O)C(C)CN(C)c1cc(C)ncn1. The van der Waals surface area contributed by atoms with E-state index in [2.05, 4.69) is 14.7 Å². The molecule has 0 spiro atoms. The first kappa shape index (κ1) is 12.4. The number of aromatic nitrogens is 2.